The average Bonchev–Trinajstić information content (AvgIpc) is 2.40. The van der Waals surface area contributed by atoms with Gasteiger partial charge in [0.05, 0.1) is 51.9 Å². The second-order valence-corrected chi connectivity index (χ2v) is 4.38. The fourth-order valence-corrected chi connectivity index (χ4v) is 1.24. The van der Waals surface area contributed by atoms with E-state index < -0.39 is 5.97 Å². The van der Waals surface area contributed by atoms with Crippen molar-refractivity contribution in [2.45, 2.75) is 38.6 Å². The predicted octanol–water partition coefficient (Wildman–Crippen LogP) is 0.555. The van der Waals surface area contributed by atoms with Crippen LogP contribution in [0.2, 0.25) is 0 Å². The third kappa shape index (κ3) is 13.3. The van der Waals surface area contributed by atoms with Crippen LogP contribution in [-0.2, 0) is 23.8 Å². The van der Waals surface area contributed by atoms with Crippen LogP contribution in [0.3, 0.4) is 0 Å². The van der Waals surface area contributed by atoms with Crippen LogP contribution in [0.5, 0.6) is 0 Å². The maximum absolute atomic E-state index is 11.2. The summed E-state index contributed by atoms with van der Waals surface area (Å²) in [4.78, 5) is 21.5. The molecule has 0 aromatic heterocycles. The number of aliphatic carboxylic acids is 1. The Balaban J connectivity index is 3.36. The lowest BCUT2D eigenvalue weighted by Crippen LogP contribution is -2.32. The number of carbonyl (C=O) groups is 2. The second-order valence-electron chi connectivity index (χ2n) is 4.38. The number of carbonyl (C=O) groups excluding carboxylic acids is 1. The van der Waals surface area contributed by atoms with Gasteiger partial charge < -0.3 is 25.1 Å². The van der Waals surface area contributed by atoms with Gasteiger partial charge in [0.25, 0.3) is 0 Å². The second kappa shape index (κ2) is 12.8. The van der Waals surface area contributed by atoms with Gasteiger partial charge in [-0.25, -0.2) is 0 Å². The number of nitrogens with two attached hydrogens (primary N) is 1. The summed E-state index contributed by atoms with van der Waals surface area (Å²) < 4.78 is 15.3. The molecule has 0 amide bonds. The van der Waals surface area contributed by atoms with Crippen molar-refractivity contribution in [1.82, 2.24) is 0 Å². The topological polar surface area (TPSA) is 108 Å². The molecule has 0 radical (unpaired) electrons. The van der Waals surface area contributed by atoms with Gasteiger partial charge in [0.1, 0.15) is 0 Å². The molecule has 3 N–H and O–H groups in total. The summed E-state index contributed by atoms with van der Waals surface area (Å²) >= 11 is 0. The number of carboxylic acids is 1. The van der Waals surface area contributed by atoms with Crippen LogP contribution < -0.4 is 5.73 Å². The molecular weight excluding hydrogens is 266 g/mol. The number of carboxylic acid groups (broad SMARTS) is 1. The van der Waals surface area contributed by atoms with E-state index in [-0.39, 0.29) is 51.3 Å². The van der Waals surface area contributed by atoms with Crippen LogP contribution >= 0.6 is 0 Å². The smallest absolute Gasteiger partial charge is 0.308 e. The minimum Gasteiger partial charge on any atom is -0.481 e. The molecule has 118 valence electrons. The number of hydrogen-bond acceptors (Lipinski definition) is 6. The first-order chi connectivity index (χ1) is 9.56. The van der Waals surface area contributed by atoms with Crippen molar-refractivity contribution in [3.05, 3.63) is 0 Å². The van der Waals surface area contributed by atoms with Gasteiger partial charge in [0.15, 0.2) is 0 Å². The van der Waals surface area contributed by atoms with Crippen LogP contribution in [0.1, 0.15) is 32.6 Å². The van der Waals surface area contributed by atoms with Crippen molar-refractivity contribution in [3.63, 3.8) is 0 Å². The van der Waals surface area contributed by atoms with Crippen LogP contribution in [0.25, 0.3) is 0 Å². The van der Waals surface area contributed by atoms with Gasteiger partial charge in [0.2, 0.25) is 0 Å². The van der Waals surface area contributed by atoms with Crippen LogP contribution in [-0.4, -0.2) is 56.1 Å². The van der Waals surface area contributed by atoms with Crippen molar-refractivity contribution in [2.24, 2.45) is 5.73 Å². The van der Waals surface area contributed by atoms with E-state index in [0.29, 0.717) is 6.61 Å². The predicted molar refractivity (Wildman–Crippen MR) is 72.4 cm³/mol. The lowest BCUT2D eigenvalue weighted by Gasteiger charge is -2.12. The number of hydrogen-bond donors (Lipinski definition) is 2. The highest BCUT2D eigenvalue weighted by Crippen LogP contribution is 1.94. The summed E-state index contributed by atoms with van der Waals surface area (Å²) in [7, 11) is 0. The first kappa shape index (κ1) is 18.8. The van der Waals surface area contributed by atoms with E-state index in [2.05, 4.69) is 0 Å². The molecular formula is C13H25NO6. The molecule has 0 bridgehead atoms. The maximum Gasteiger partial charge on any atom is 0.308 e. The number of rotatable bonds is 13. The summed E-state index contributed by atoms with van der Waals surface area (Å²) in [5.74, 6) is -1.18. The highest BCUT2D eigenvalue weighted by atomic mass is 16.5. The van der Waals surface area contributed by atoms with Gasteiger partial charge in [-0.2, -0.15) is 0 Å². The number of esters is 1. The monoisotopic (exact) mass is 291 g/mol. The zero-order chi connectivity index (χ0) is 15.2. The Morgan fingerprint density at radius 2 is 1.70 bits per heavy atom. The molecule has 20 heavy (non-hydrogen) atoms. The molecule has 0 heterocycles. The number of unbranched alkanes of at least 4 members (excludes halogenated alkanes) is 1. The SMILES string of the molecule is CCCCOC(=O)CCOCC(N)COCCC(=O)O. The quantitative estimate of drug-likeness (QED) is 0.377. The minimum absolute atomic E-state index is 0.0445. The molecule has 0 aliphatic rings. The highest BCUT2D eigenvalue weighted by molar-refractivity contribution is 5.69. The fraction of sp³-hybridized carbons (Fsp3) is 0.846. The summed E-state index contributed by atoms with van der Waals surface area (Å²) in [5.41, 5.74) is 5.69. The Bertz CT molecular complexity index is 272. The van der Waals surface area contributed by atoms with E-state index in [1.54, 1.807) is 0 Å². The molecule has 1 unspecified atom stereocenters. The summed E-state index contributed by atoms with van der Waals surface area (Å²) in [6, 6.07) is -0.333. The lowest BCUT2D eigenvalue weighted by molar-refractivity contribution is -0.145. The Morgan fingerprint density at radius 1 is 1.10 bits per heavy atom. The Morgan fingerprint density at radius 3 is 2.25 bits per heavy atom. The van der Waals surface area contributed by atoms with Gasteiger partial charge in [0, 0.05) is 0 Å². The summed E-state index contributed by atoms with van der Waals surface area (Å²) in [6.45, 7) is 3.35. The zero-order valence-electron chi connectivity index (χ0n) is 12.0. The third-order valence-corrected chi connectivity index (χ3v) is 2.34. The van der Waals surface area contributed by atoms with Crippen LogP contribution in [0.4, 0.5) is 0 Å². The van der Waals surface area contributed by atoms with Crippen LogP contribution in [0.15, 0.2) is 0 Å². The van der Waals surface area contributed by atoms with Crippen molar-refractivity contribution < 1.29 is 28.9 Å². The molecule has 0 aromatic rings. The highest BCUT2D eigenvalue weighted by Gasteiger charge is 2.06. The standard InChI is InChI=1S/C13H25NO6/c1-2-3-6-20-13(17)5-8-19-10-11(14)9-18-7-4-12(15)16/h11H,2-10,14H2,1H3,(H,15,16). The molecule has 1 atom stereocenters. The summed E-state index contributed by atoms with van der Waals surface area (Å²) in [5, 5.41) is 8.40. The van der Waals surface area contributed by atoms with E-state index in [1.165, 1.54) is 0 Å². The summed E-state index contributed by atoms with van der Waals surface area (Å²) in [6.07, 6.45) is 2.01. The van der Waals surface area contributed by atoms with E-state index in [9.17, 15) is 9.59 Å². The van der Waals surface area contributed by atoms with Gasteiger partial charge >= 0.3 is 11.9 Å². The normalized spacial score (nSPS) is 12.1. The fourth-order valence-electron chi connectivity index (χ4n) is 1.24. The molecule has 0 aromatic carbocycles. The third-order valence-electron chi connectivity index (χ3n) is 2.34. The van der Waals surface area contributed by atoms with Crippen LogP contribution in [0, 0.1) is 0 Å². The lowest BCUT2D eigenvalue weighted by atomic mass is 10.3. The number of ether oxygens (including phenoxy) is 3. The van der Waals surface area contributed by atoms with Gasteiger partial charge in [-0.05, 0) is 6.42 Å². The molecule has 0 aliphatic carbocycles. The van der Waals surface area contributed by atoms with Crippen molar-refractivity contribution in [3.8, 4) is 0 Å². The average molecular weight is 291 g/mol. The molecule has 7 nitrogen and oxygen atoms in total. The zero-order valence-corrected chi connectivity index (χ0v) is 12.0. The molecule has 0 rings (SSSR count). The Hall–Kier alpha value is -1.18. The van der Waals surface area contributed by atoms with Gasteiger partial charge in [-0.1, -0.05) is 13.3 Å². The van der Waals surface area contributed by atoms with E-state index in [1.807, 2.05) is 6.92 Å². The first-order valence-electron chi connectivity index (χ1n) is 6.84. The molecule has 7 heteroatoms. The van der Waals surface area contributed by atoms with Crippen molar-refractivity contribution >= 4 is 11.9 Å². The van der Waals surface area contributed by atoms with Gasteiger partial charge in [-0.3, -0.25) is 9.59 Å². The van der Waals surface area contributed by atoms with Gasteiger partial charge in [-0.15, -0.1) is 0 Å². The van der Waals surface area contributed by atoms with Crippen molar-refractivity contribution in [1.29, 1.82) is 0 Å². The van der Waals surface area contributed by atoms with Crippen molar-refractivity contribution in [2.75, 3.05) is 33.0 Å². The Kier molecular flexibility index (Phi) is 12.1. The molecule has 0 spiro atoms. The van der Waals surface area contributed by atoms with E-state index in [0.717, 1.165) is 12.8 Å². The minimum atomic E-state index is -0.906. The first-order valence-corrected chi connectivity index (χ1v) is 6.84. The molecule has 0 aliphatic heterocycles. The van der Waals surface area contributed by atoms with E-state index >= 15 is 0 Å². The molecule has 0 fully saturated rings. The largest absolute Gasteiger partial charge is 0.481 e. The molecule has 0 saturated carbocycles. The van der Waals surface area contributed by atoms with E-state index in [4.69, 9.17) is 25.1 Å². The Labute approximate surface area is 119 Å². The maximum atomic E-state index is 11.2. The molecule has 0 saturated heterocycles.